The first-order chi connectivity index (χ1) is 14.3. The fourth-order valence-electron chi connectivity index (χ4n) is 4.54. The minimum Gasteiger partial charge on any atom is -0.493 e. The van der Waals surface area contributed by atoms with Gasteiger partial charge in [0.2, 0.25) is 5.41 Å². The number of methoxy groups -OCH3 is 1. The number of hydrogen-bond acceptors (Lipinski definition) is 7. The van der Waals surface area contributed by atoms with Gasteiger partial charge in [0.25, 0.3) is 0 Å². The van der Waals surface area contributed by atoms with E-state index in [-0.39, 0.29) is 23.7 Å². The van der Waals surface area contributed by atoms with Crippen LogP contribution in [0.1, 0.15) is 25.3 Å². The van der Waals surface area contributed by atoms with Crippen LogP contribution < -0.4 is 9.47 Å². The van der Waals surface area contributed by atoms with Crippen molar-refractivity contribution in [2.75, 3.05) is 27.2 Å². The molecule has 7 nitrogen and oxygen atoms in total. The Hall–Kier alpha value is -3.34. The van der Waals surface area contributed by atoms with Crippen LogP contribution in [0.3, 0.4) is 0 Å². The van der Waals surface area contributed by atoms with Crippen LogP contribution in [0.25, 0.3) is 0 Å². The molecule has 1 unspecified atom stereocenters. The van der Waals surface area contributed by atoms with Crippen LogP contribution in [0.15, 0.2) is 29.8 Å². The number of likely N-dealkylation sites (N-methyl/N-ethyl adjacent to an activating group) is 1. The summed E-state index contributed by atoms with van der Waals surface area (Å²) in [6.07, 6.45) is 1.82. The highest BCUT2D eigenvalue weighted by molar-refractivity contribution is 6.01. The predicted molar refractivity (Wildman–Crippen MR) is 111 cm³/mol. The van der Waals surface area contributed by atoms with E-state index in [4.69, 9.17) is 14.9 Å². The molecular weight excluding hydrogens is 378 g/mol. The van der Waals surface area contributed by atoms with Gasteiger partial charge in [0.05, 0.1) is 43.1 Å². The zero-order valence-electron chi connectivity index (χ0n) is 17.6. The molecule has 1 saturated carbocycles. The van der Waals surface area contributed by atoms with Crippen molar-refractivity contribution in [1.82, 2.24) is 4.90 Å². The van der Waals surface area contributed by atoms with Gasteiger partial charge in [-0.3, -0.25) is 0 Å². The van der Waals surface area contributed by atoms with Crippen LogP contribution in [0.2, 0.25) is 0 Å². The predicted octanol–water partition coefficient (Wildman–Crippen LogP) is 3.26. The third-order valence-corrected chi connectivity index (χ3v) is 5.88. The average molecular weight is 403 g/mol. The maximum atomic E-state index is 9.99. The molecule has 1 aliphatic heterocycles. The summed E-state index contributed by atoms with van der Waals surface area (Å²) < 4.78 is 11.3. The monoisotopic (exact) mass is 403 g/mol. The van der Waals surface area contributed by atoms with E-state index in [9.17, 15) is 15.8 Å². The second kappa shape index (κ2) is 8.19. The van der Waals surface area contributed by atoms with Crippen LogP contribution in [0, 0.1) is 56.7 Å². The van der Waals surface area contributed by atoms with Crippen molar-refractivity contribution < 1.29 is 9.47 Å². The molecule has 30 heavy (non-hydrogen) atoms. The lowest BCUT2D eigenvalue weighted by atomic mass is 9.55. The summed E-state index contributed by atoms with van der Waals surface area (Å²) in [7, 11) is 3.54. The summed E-state index contributed by atoms with van der Waals surface area (Å²) in [6.45, 7) is 5.04. The lowest BCUT2D eigenvalue weighted by Gasteiger charge is -2.46. The molecule has 1 heterocycles. The highest BCUT2D eigenvalue weighted by Gasteiger charge is 2.56. The Morgan fingerprint density at radius 2 is 1.90 bits per heavy atom. The van der Waals surface area contributed by atoms with Crippen LogP contribution in [0.5, 0.6) is 11.5 Å². The molecule has 0 bridgehead atoms. The fourth-order valence-corrected chi connectivity index (χ4v) is 4.54. The molecular formula is C23H25N5O2. The van der Waals surface area contributed by atoms with Gasteiger partial charge in [0.1, 0.15) is 0 Å². The molecule has 7 heteroatoms. The number of rotatable bonds is 4. The summed E-state index contributed by atoms with van der Waals surface area (Å²) >= 11 is 0. The molecule has 2 aliphatic rings. The molecule has 3 atom stereocenters. The van der Waals surface area contributed by atoms with Crippen molar-refractivity contribution in [3.05, 3.63) is 35.4 Å². The van der Waals surface area contributed by atoms with E-state index in [2.05, 4.69) is 23.1 Å². The van der Waals surface area contributed by atoms with Gasteiger partial charge in [-0.15, -0.1) is 0 Å². The Labute approximate surface area is 177 Å². The van der Waals surface area contributed by atoms with E-state index in [1.807, 2.05) is 39.1 Å². The van der Waals surface area contributed by atoms with Crippen LogP contribution >= 0.6 is 0 Å². The van der Waals surface area contributed by atoms with E-state index in [1.165, 1.54) is 0 Å². The summed E-state index contributed by atoms with van der Waals surface area (Å²) in [4.78, 5) is 2.10. The zero-order valence-corrected chi connectivity index (χ0v) is 17.6. The maximum Gasteiger partial charge on any atom is 0.203 e. The topological polar surface area (TPSA) is 117 Å². The maximum absolute atomic E-state index is 9.99. The number of hydrogen-bond donors (Lipinski definition) is 1. The van der Waals surface area contributed by atoms with E-state index in [1.54, 1.807) is 13.2 Å². The molecule has 1 aromatic carbocycles. The number of ether oxygens (including phenoxy) is 2. The molecule has 3 rings (SSSR count). The first-order valence-electron chi connectivity index (χ1n) is 9.87. The molecule has 0 radical (unpaired) electrons. The smallest absolute Gasteiger partial charge is 0.203 e. The van der Waals surface area contributed by atoms with Crippen molar-refractivity contribution >= 4 is 5.71 Å². The summed E-state index contributed by atoms with van der Waals surface area (Å²) in [5.41, 5.74) is -0.367. The minimum absolute atomic E-state index is 0.0633. The second-order valence-electron chi connectivity index (χ2n) is 8.08. The minimum atomic E-state index is -1.69. The Kier molecular flexibility index (Phi) is 5.83. The summed E-state index contributed by atoms with van der Waals surface area (Å²) in [5, 5.41) is 38.4. The summed E-state index contributed by atoms with van der Waals surface area (Å²) in [5.74, 6) is -0.334. The fraction of sp³-hybridized carbons (Fsp3) is 0.478. The van der Waals surface area contributed by atoms with Gasteiger partial charge in [-0.25, -0.2) is 0 Å². The molecule has 1 N–H and O–H groups in total. The first kappa shape index (κ1) is 21.4. The van der Waals surface area contributed by atoms with Gasteiger partial charge >= 0.3 is 0 Å². The number of nitriles is 3. The van der Waals surface area contributed by atoms with Gasteiger partial charge in [0.15, 0.2) is 11.5 Å². The number of benzene rings is 1. The number of nitrogens with one attached hydrogen (secondary N) is 1. The Morgan fingerprint density at radius 3 is 2.47 bits per heavy atom. The van der Waals surface area contributed by atoms with Crippen molar-refractivity contribution in [2.24, 2.45) is 17.3 Å². The van der Waals surface area contributed by atoms with Crippen molar-refractivity contribution in [1.29, 1.82) is 21.2 Å². The third-order valence-electron chi connectivity index (χ3n) is 5.88. The lowest BCUT2D eigenvalue weighted by molar-refractivity contribution is 0.227. The van der Waals surface area contributed by atoms with Crippen molar-refractivity contribution in [2.45, 2.75) is 25.9 Å². The van der Waals surface area contributed by atoms with Gasteiger partial charge < -0.3 is 19.8 Å². The van der Waals surface area contributed by atoms with Gasteiger partial charge in [-0.05, 0) is 44.2 Å². The highest BCUT2D eigenvalue weighted by Crippen LogP contribution is 2.52. The van der Waals surface area contributed by atoms with Crippen molar-refractivity contribution in [3.8, 4) is 29.7 Å². The number of nitrogens with zero attached hydrogens (tertiary/aromatic N) is 4. The first-order valence-corrected chi connectivity index (χ1v) is 9.87. The second-order valence-corrected chi connectivity index (χ2v) is 8.08. The van der Waals surface area contributed by atoms with Gasteiger partial charge in [0, 0.05) is 24.9 Å². The van der Waals surface area contributed by atoms with Crippen molar-refractivity contribution in [3.63, 3.8) is 0 Å². The van der Waals surface area contributed by atoms with Crippen LogP contribution in [0.4, 0.5) is 0 Å². The summed E-state index contributed by atoms with van der Waals surface area (Å²) in [6, 6.07) is 11.9. The Balaban J connectivity index is 2.20. The van der Waals surface area contributed by atoms with E-state index < -0.39 is 11.3 Å². The molecule has 0 aromatic heterocycles. The highest BCUT2D eigenvalue weighted by atomic mass is 16.5. The molecule has 0 saturated heterocycles. The normalized spacial score (nSPS) is 25.3. The molecule has 154 valence electrons. The molecule has 0 amide bonds. The molecule has 1 fully saturated rings. The van der Waals surface area contributed by atoms with Crippen LogP contribution in [-0.2, 0) is 0 Å². The average Bonchev–Trinajstić information content (AvgIpc) is 2.73. The largest absolute Gasteiger partial charge is 0.493 e. The van der Waals surface area contributed by atoms with Gasteiger partial charge in [-0.1, -0.05) is 12.1 Å². The SMILES string of the molecule is COc1ccc([C@H]2C(C#N)C(=N)C(C#N)(C#N)C3=CCN(C)C[C@@H]32)cc1OC(C)C. The third kappa shape index (κ3) is 3.30. The number of fused-ring (bicyclic) bond motifs is 1. The molecule has 1 aromatic rings. The quantitative estimate of drug-likeness (QED) is 0.771. The van der Waals surface area contributed by atoms with Gasteiger partial charge in [-0.2, -0.15) is 15.8 Å². The molecule has 0 spiro atoms. The van der Waals surface area contributed by atoms with E-state index in [0.29, 0.717) is 30.2 Å². The standard InChI is InChI=1S/C23H25N5O2/c1-14(2)30-20-9-15(5-6-19(20)29-4)21-16(10-24)22(27)23(12-25,13-26)18-7-8-28(3)11-17(18)21/h5-7,9,14,16-17,21,27H,8,11H2,1-4H3/t16?,17-,21-/m0/s1. The van der Waals surface area contributed by atoms with E-state index in [0.717, 1.165) is 5.56 Å². The Morgan fingerprint density at radius 1 is 1.20 bits per heavy atom. The zero-order chi connectivity index (χ0) is 22.1. The lowest BCUT2D eigenvalue weighted by Crippen LogP contribution is -2.51. The Bertz CT molecular complexity index is 994. The molecule has 1 aliphatic carbocycles. The van der Waals surface area contributed by atoms with Crippen LogP contribution in [-0.4, -0.2) is 44.0 Å². The van der Waals surface area contributed by atoms with E-state index >= 15 is 0 Å².